The van der Waals surface area contributed by atoms with E-state index >= 15 is 0 Å². The third-order valence-corrected chi connectivity index (χ3v) is 4.13. The molecule has 3 aromatic rings. The van der Waals surface area contributed by atoms with E-state index in [-0.39, 0.29) is 5.69 Å². The van der Waals surface area contributed by atoms with E-state index in [1.54, 1.807) is 28.8 Å². The molecule has 7 heteroatoms. The molecule has 0 saturated carbocycles. The molecule has 0 aliphatic heterocycles. The first-order chi connectivity index (χ1) is 10.0. The number of H-pyrrole nitrogens is 1. The summed E-state index contributed by atoms with van der Waals surface area (Å²) in [6, 6.07) is 7.74. The fourth-order valence-electron chi connectivity index (χ4n) is 2.13. The molecule has 108 valence electrons. The summed E-state index contributed by atoms with van der Waals surface area (Å²) in [5, 5.41) is 0.772. The van der Waals surface area contributed by atoms with Crippen LogP contribution in [0.3, 0.4) is 0 Å². The lowest BCUT2D eigenvalue weighted by atomic mass is 10.2. The second-order valence-electron chi connectivity index (χ2n) is 4.37. The maximum atomic E-state index is 14.2. The van der Waals surface area contributed by atoms with Crippen LogP contribution < -0.4 is 4.74 Å². The van der Waals surface area contributed by atoms with Crippen LogP contribution in [0.5, 0.6) is 5.75 Å². The van der Waals surface area contributed by atoms with E-state index in [1.807, 2.05) is 0 Å². The molecule has 0 aliphatic rings. The molecule has 0 amide bonds. The summed E-state index contributed by atoms with van der Waals surface area (Å²) in [5.74, 6) is 0.113. The first-order valence-corrected chi connectivity index (χ1v) is 7.11. The van der Waals surface area contributed by atoms with Gasteiger partial charge in [-0.2, -0.15) is 0 Å². The van der Waals surface area contributed by atoms with Crippen molar-refractivity contribution in [3.63, 3.8) is 0 Å². The van der Waals surface area contributed by atoms with Gasteiger partial charge in [-0.1, -0.05) is 23.2 Å². The Labute approximate surface area is 134 Å². The Morgan fingerprint density at radius 3 is 2.62 bits per heavy atom. The van der Waals surface area contributed by atoms with Gasteiger partial charge in [-0.15, -0.1) is 0 Å². The lowest BCUT2D eigenvalue weighted by Gasteiger charge is -2.08. The van der Waals surface area contributed by atoms with Crippen LogP contribution in [-0.4, -0.2) is 16.7 Å². The molecule has 3 rings (SSSR count). The highest BCUT2D eigenvalue weighted by atomic mass is 35.5. The number of nitrogens with one attached hydrogen (secondary N) is 1. The van der Waals surface area contributed by atoms with Gasteiger partial charge in [0.15, 0.2) is 4.77 Å². The monoisotopic (exact) mass is 342 g/mol. The van der Waals surface area contributed by atoms with E-state index in [4.69, 9.17) is 40.2 Å². The summed E-state index contributed by atoms with van der Waals surface area (Å²) in [4.78, 5) is 2.99. The summed E-state index contributed by atoms with van der Waals surface area (Å²) in [6.07, 6.45) is 0. The van der Waals surface area contributed by atoms with Gasteiger partial charge >= 0.3 is 0 Å². The maximum Gasteiger partial charge on any atom is 0.182 e. The van der Waals surface area contributed by atoms with Gasteiger partial charge < -0.3 is 9.72 Å². The smallest absolute Gasteiger partial charge is 0.182 e. The number of hydrogen-bond donors (Lipinski definition) is 1. The minimum Gasteiger partial charge on any atom is -0.497 e. The Balaban J connectivity index is 2.37. The van der Waals surface area contributed by atoms with Crippen LogP contribution in [-0.2, 0) is 0 Å². The Morgan fingerprint density at radius 2 is 1.90 bits per heavy atom. The molecule has 0 spiro atoms. The van der Waals surface area contributed by atoms with Gasteiger partial charge in [0.1, 0.15) is 11.6 Å². The number of aromatic nitrogens is 2. The lowest BCUT2D eigenvalue weighted by Crippen LogP contribution is -1.98. The summed E-state index contributed by atoms with van der Waals surface area (Å²) >= 11 is 17.3. The predicted molar refractivity (Wildman–Crippen MR) is 85.0 cm³/mol. The first-order valence-electron chi connectivity index (χ1n) is 5.95. The molecule has 0 fully saturated rings. The fourth-order valence-corrected chi connectivity index (χ4v) is 2.76. The molecular weight excluding hydrogens is 334 g/mol. The second-order valence-corrected chi connectivity index (χ2v) is 5.57. The van der Waals surface area contributed by atoms with Crippen LogP contribution in [0.4, 0.5) is 4.39 Å². The molecule has 0 bridgehead atoms. The zero-order valence-corrected chi connectivity index (χ0v) is 13.1. The molecule has 0 saturated heterocycles. The first kappa shape index (κ1) is 14.4. The molecule has 0 atom stereocenters. The van der Waals surface area contributed by atoms with E-state index in [9.17, 15) is 4.39 Å². The largest absolute Gasteiger partial charge is 0.497 e. The second kappa shape index (κ2) is 5.33. The standard InChI is InChI=1S/C14H9Cl2FN2OS/c1-20-7-2-3-10(17)12(4-7)19-13-6-9(16)8(15)5-11(13)18-14(19)21/h2-6H,1H3,(H,18,21). The van der Waals surface area contributed by atoms with Crippen molar-refractivity contribution in [2.45, 2.75) is 0 Å². The minimum atomic E-state index is -0.418. The molecule has 21 heavy (non-hydrogen) atoms. The zero-order chi connectivity index (χ0) is 15.1. The van der Waals surface area contributed by atoms with E-state index in [0.717, 1.165) is 0 Å². The number of halogens is 3. The van der Waals surface area contributed by atoms with Crippen molar-refractivity contribution < 1.29 is 9.13 Å². The van der Waals surface area contributed by atoms with Gasteiger partial charge in [0.2, 0.25) is 0 Å². The van der Waals surface area contributed by atoms with Crippen molar-refractivity contribution in [3.05, 3.63) is 51.0 Å². The maximum absolute atomic E-state index is 14.2. The average Bonchev–Trinajstić information content (AvgIpc) is 2.75. The van der Waals surface area contributed by atoms with Gasteiger partial charge in [-0.3, -0.25) is 4.57 Å². The quantitative estimate of drug-likeness (QED) is 0.653. The van der Waals surface area contributed by atoms with Gasteiger partial charge in [-0.25, -0.2) is 4.39 Å². The van der Waals surface area contributed by atoms with Crippen LogP contribution in [0.2, 0.25) is 10.0 Å². The zero-order valence-electron chi connectivity index (χ0n) is 10.8. The van der Waals surface area contributed by atoms with Crippen molar-refractivity contribution in [1.82, 2.24) is 9.55 Å². The molecule has 0 unspecified atom stereocenters. The Hall–Kier alpha value is -1.56. The molecule has 1 aromatic heterocycles. The van der Waals surface area contributed by atoms with E-state index < -0.39 is 5.82 Å². The number of rotatable bonds is 2. The SMILES string of the molecule is COc1ccc(F)c(-n2c(=S)[nH]c3cc(Cl)c(Cl)cc32)c1. The Morgan fingerprint density at radius 1 is 1.19 bits per heavy atom. The Kier molecular flexibility index (Phi) is 3.65. The van der Waals surface area contributed by atoms with Gasteiger partial charge in [-0.05, 0) is 36.5 Å². The molecule has 1 heterocycles. The highest BCUT2D eigenvalue weighted by molar-refractivity contribution is 7.71. The van der Waals surface area contributed by atoms with Gasteiger partial charge in [0.05, 0.1) is 33.9 Å². The topological polar surface area (TPSA) is 29.9 Å². The normalized spacial score (nSPS) is 11.0. The summed E-state index contributed by atoms with van der Waals surface area (Å²) < 4.78 is 21.2. The number of nitrogens with zero attached hydrogens (tertiary/aromatic N) is 1. The fraction of sp³-hybridized carbons (Fsp3) is 0.0714. The lowest BCUT2D eigenvalue weighted by molar-refractivity contribution is 0.413. The molecular formula is C14H9Cl2FN2OS. The predicted octanol–water partition coefficient (Wildman–Crippen LogP) is 5.14. The van der Waals surface area contributed by atoms with Gasteiger partial charge in [0.25, 0.3) is 0 Å². The highest BCUT2D eigenvalue weighted by Crippen LogP contribution is 2.30. The number of imidazole rings is 1. The molecule has 2 aromatic carbocycles. The molecule has 0 radical (unpaired) electrons. The van der Waals surface area contributed by atoms with Gasteiger partial charge in [0, 0.05) is 6.07 Å². The van der Waals surface area contributed by atoms with Crippen molar-refractivity contribution in [3.8, 4) is 11.4 Å². The van der Waals surface area contributed by atoms with E-state index in [0.29, 0.717) is 31.6 Å². The summed E-state index contributed by atoms with van der Waals surface area (Å²) in [6.45, 7) is 0. The van der Waals surface area contributed by atoms with E-state index in [1.165, 1.54) is 13.2 Å². The number of hydrogen-bond acceptors (Lipinski definition) is 2. The van der Waals surface area contributed by atoms with Crippen molar-refractivity contribution in [2.24, 2.45) is 0 Å². The van der Waals surface area contributed by atoms with Crippen molar-refractivity contribution >= 4 is 46.5 Å². The third-order valence-electron chi connectivity index (χ3n) is 3.12. The molecule has 1 N–H and O–H groups in total. The Bertz CT molecular complexity index is 904. The summed E-state index contributed by atoms with van der Waals surface area (Å²) in [7, 11) is 1.52. The van der Waals surface area contributed by atoms with Crippen LogP contribution in [0.1, 0.15) is 0 Å². The number of aromatic amines is 1. The number of ether oxygens (including phenoxy) is 1. The number of methoxy groups -OCH3 is 1. The third kappa shape index (κ3) is 2.41. The summed E-state index contributed by atoms with van der Waals surface area (Å²) in [5.41, 5.74) is 1.60. The van der Waals surface area contributed by atoms with Crippen molar-refractivity contribution in [1.29, 1.82) is 0 Å². The van der Waals surface area contributed by atoms with Crippen LogP contribution in [0, 0.1) is 10.6 Å². The highest BCUT2D eigenvalue weighted by Gasteiger charge is 2.13. The minimum absolute atomic E-state index is 0.281. The molecule has 0 aliphatic carbocycles. The van der Waals surface area contributed by atoms with Crippen LogP contribution in [0.15, 0.2) is 30.3 Å². The number of benzene rings is 2. The average molecular weight is 343 g/mol. The molecule has 3 nitrogen and oxygen atoms in total. The number of fused-ring (bicyclic) bond motifs is 1. The van der Waals surface area contributed by atoms with Crippen molar-refractivity contribution in [2.75, 3.05) is 7.11 Å². The van der Waals surface area contributed by atoms with Crippen LogP contribution in [0.25, 0.3) is 16.7 Å². The van der Waals surface area contributed by atoms with E-state index in [2.05, 4.69) is 4.98 Å². The van der Waals surface area contributed by atoms with Crippen LogP contribution >= 0.6 is 35.4 Å².